The number of hydrogen-bond donors (Lipinski definition) is 2. The molecule has 0 amide bonds. The van der Waals surface area contributed by atoms with Crippen LogP contribution in [0.3, 0.4) is 0 Å². The Bertz CT molecular complexity index is 834. The van der Waals surface area contributed by atoms with Crippen molar-refractivity contribution in [3.05, 3.63) is 58.7 Å². The number of hydrogen-bond acceptors (Lipinski definition) is 3. The van der Waals surface area contributed by atoms with Crippen LogP contribution in [0.1, 0.15) is 69.9 Å². The third kappa shape index (κ3) is 3.87. The zero-order valence-corrected chi connectivity index (χ0v) is 14.7. The number of aryl methyl sites for hydroxylation is 1. The van der Waals surface area contributed by atoms with Crippen molar-refractivity contribution in [3.8, 4) is 11.5 Å². The Morgan fingerprint density at radius 1 is 0.923 bits per heavy atom. The molecule has 1 aliphatic carbocycles. The number of benzene rings is 2. The normalized spacial score (nSPS) is 14.8. The summed E-state index contributed by atoms with van der Waals surface area (Å²) < 4.78 is 5.82. The van der Waals surface area contributed by atoms with Crippen LogP contribution in [0.15, 0.2) is 36.4 Å². The van der Waals surface area contributed by atoms with Gasteiger partial charge in [-0.15, -0.1) is 0 Å². The van der Waals surface area contributed by atoms with Gasteiger partial charge in [0.15, 0.2) is 0 Å². The molecule has 0 saturated heterocycles. The van der Waals surface area contributed by atoms with Crippen LogP contribution in [0, 0.1) is 6.92 Å². The molecule has 0 spiro atoms. The van der Waals surface area contributed by atoms with Gasteiger partial charge in [0, 0.05) is 0 Å². The first-order valence-corrected chi connectivity index (χ1v) is 8.84. The van der Waals surface area contributed by atoms with Gasteiger partial charge in [0.2, 0.25) is 0 Å². The predicted molar refractivity (Wildman–Crippen MR) is 97.4 cm³/mol. The number of rotatable bonds is 5. The molecule has 0 unspecified atom stereocenters. The van der Waals surface area contributed by atoms with Crippen molar-refractivity contribution in [1.29, 1.82) is 0 Å². The predicted octanol–water partition coefficient (Wildman–Crippen LogP) is 5.23. The van der Waals surface area contributed by atoms with Crippen molar-refractivity contribution in [2.45, 2.75) is 44.9 Å². The SMILES string of the molecule is Cc1cc(C2CCCCC2)ccc1Oc1ccc(C(=O)O)c(C(=O)O)c1. The van der Waals surface area contributed by atoms with Crippen molar-refractivity contribution in [1.82, 2.24) is 0 Å². The minimum absolute atomic E-state index is 0.255. The van der Waals surface area contributed by atoms with E-state index < -0.39 is 11.9 Å². The summed E-state index contributed by atoms with van der Waals surface area (Å²) in [5.41, 5.74) is 1.76. The summed E-state index contributed by atoms with van der Waals surface area (Å²) in [6.07, 6.45) is 6.30. The molecule has 2 N–H and O–H groups in total. The molecule has 0 aliphatic heterocycles. The van der Waals surface area contributed by atoms with Gasteiger partial charge in [0.25, 0.3) is 0 Å². The molecule has 1 fully saturated rings. The standard InChI is InChI=1S/C21H22O5/c1-13-11-15(14-5-3-2-4-6-14)7-10-19(13)26-16-8-9-17(20(22)23)18(12-16)21(24)25/h7-12,14H,2-6H2,1H3,(H,22,23)(H,24,25). The molecule has 2 aromatic rings. The highest BCUT2D eigenvalue weighted by Gasteiger charge is 2.18. The summed E-state index contributed by atoms with van der Waals surface area (Å²) in [4.78, 5) is 22.4. The average molecular weight is 354 g/mol. The second-order valence-corrected chi connectivity index (χ2v) is 6.78. The molecule has 5 nitrogen and oxygen atoms in total. The minimum atomic E-state index is -1.29. The van der Waals surface area contributed by atoms with E-state index in [0.717, 1.165) is 5.56 Å². The van der Waals surface area contributed by atoms with E-state index in [0.29, 0.717) is 17.4 Å². The van der Waals surface area contributed by atoms with Gasteiger partial charge >= 0.3 is 11.9 Å². The van der Waals surface area contributed by atoms with E-state index >= 15 is 0 Å². The molecule has 1 aliphatic rings. The van der Waals surface area contributed by atoms with Gasteiger partial charge in [-0.3, -0.25) is 0 Å². The summed E-state index contributed by atoms with van der Waals surface area (Å²) >= 11 is 0. The van der Waals surface area contributed by atoms with Crippen LogP contribution in [0.2, 0.25) is 0 Å². The Morgan fingerprint density at radius 2 is 1.62 bits per heavy atom. The minimum Gasteiger partial charge on any atom is -0.478 e. The molecule has 1 saturated carbocycles. The van der Waals surface area contributed by atoms with Crippen molar-refractivity contribution >= 4 is 11.9 Å². The van der Waals surface area contributed by atoms with Crippen molar-refractivity contribution in [2.24, 2.45) is 0 Å². The van der Waals surface area contributed by atoms with E-state index in [1.807, 2.05) is 13.0 Å². The number of carboxylic acid groups (broad SMARTS) is 2. The van der Waals surface area contributed by atoms with Crippen molar-refractivity contribution in [2.75, 3.05) is 0 Å². The van der Waals surface area contributed by atoms with Crippen LogP contribution >= 0.6 is 0 Å². The summed E-state index contributed by atoms with van der Waals surface area (Å²) in [6, 6.07) is 10.1. The molecular weight excluding hydrogens is 332 g/mol. The van der Waals surface area contributed by atoms with E-state index in [-0.39, 0.29) is 11.1 Å². The summed E-state index contributed by atoms with van der Waals surface area (Å²) in [5.74, 6) is -1.02. The van der Waals surface area contributed by atoms with Crippen LogP contribution in [0.25, 0.3) is 0 Å². The van der Waals surface area contributed by atoms with E-state index in [9.17, 15) is 14.7 Å². The van der Waals surface area contributed by atoms with Gasteiger partial charge in [-0.1, -0.05) is 31.4 Å². The molecule has 5 heteroatoms. The largest absolute Gasteiger partial charge is 0.478 e. The first-order chi connectivity index (χ1) is 12.5. The van der Waals surface area contributed by atoms with Crippen molar-refractivity contribution in [3.63, 3.8) is 0 Å². The molecule has 2 aromatic carbocycles. The molecule has 3 rings (SSSR count). The van der Waals surface area contributed by atoms with Gasteiger partial charge in [-0.05, 0) is 61.1 Å². The zero-order valence-electron chi connectivity index (χ0n) is 14.7. The van der Waals surface area contributed by atoms with E-state index in [2.05, 4.69) is 12.1 Å². The smallest absolute Gasteiger partial charge is 0.336 e. The number of ether oxygens (including phenoxy) is 1. The number of carboxylic acids is 2. The number of carbonyl (C=O) groups is 2. The van der Waals surface area contributed by atoms with Crippen molar-refractivity contribution < 1.29 is 24.5 Å². The highest BCUT2D eigenvalue weighted by atomic mass is 16.5. The first kappa shape index (κ1) is 18.0. The fraction of sp³-hybridized carbons (Fsp3) is 0.333. The second kappa shape index (κ2) is 7.60. The maximum atomic E-state index is 11.3. The van der Waals surface area contributed by atoms with Crippen LogP contribution < -0.4 is 4.74 Å². The first-order valence-electron chi connectivity index (χ1n) is 8.84. The fourth-order valence-corrected chi connectivity index (χ4v) is 3.55. The monoisotopic (exact) mass is 354 g/mol. The lowest BCUT2D eigenvalue weighted by Crippen LogP contribution is -2.08. The lowest BCUT2D eigenvalue weighted by molar-refractivity contribution is 0.0651. The molecule has 136 valence electrons. The van der Waals surface area contributed by atoms with Gasteiger partial charge in [-0.25, -0.2) is 9.59 Å². The highest BCUT2D eigenvalue weighted by Crippen LogP contribution is 2.35. The van der Waals surface area contributed by atoms with Gasteiger partial charge in [0.1, 0.15) is 11.5 Å². The Balaban J connectivity index is 1.83. The molecule has 26 heavy (non-hydrogen) atoms. The Labute approximate surface area is 152 Å². The fourth-order valence-electron chi connectivity index (χ4n) is 3.55. The molecule has 0 aromatic heterocycles. The maximum Gasteiger partial charge on any atom is 0.336 e. The Hall–Kier alpha value is -2.82. The molecule has 0 heterocycles. The van der Waals surface area contributed by atoms with Gasteiger partial charge in [0.05, 0.1) is 11.1 Å². The van der Waals surface area contributed by atoms with E-state index in [1.165, 1.54) is 55.9 Å². The highest BCUT2D eigenvalue weighted by molar-refractivity contribution is 6.02. The van der Waals surface area contributed by atoms with Crippen LogP contribution in [0.4, 0.5) is 0 Å². The third-order valence-corrected chi connectivity index (χ3v) is 4.96. The summed E-state index contributed by atoms with van der Waals surface area (Å²) in [5, 5.41) is 18.3. The third-order valence-electron chi connectivity index (χ3n) is 4.96. The Kier molecular flexibility index (Phi) is 5.26. The Morgan fingerprint density at radius 3 is 2.23 bits per heavy atom. The quantitative estimate of drug-likeness (QED) is 0.768. The molecule has 0 bridgehead atoms. The topological polar surface area (TPSA) is 83.8 Å². The van der Waals surface area contributed by atoms with Crippen LogP contribution in [-0.2, 0) is 0 Å². The molecule has 0 radical (unpaired) electrons. The van der Waals surface area contributed by atoms with Gasteiger partial charge < -0.3 is 14.9 Å². The average Bonchev–Trinajstić information content (AvgIpc) is 2.63. The van der Waals surface area contributed by atoms with E-state index in [1.54, 1.807) is 0 Å². The van der Waals surface area contributed by atoms with Gasteiger partial charge in [-0.2, -0.15) is 0 Å². The van der Waals surface area contributed by atoms with Crippen LogP contribution in [-0.4, -0.2) is 22.2 Å². The maximum absolute atomic E-state index is 11.3. The lowest BCUT2D eigenvalue weighted by atomic mass is 9.83. The van der Waals surface area contributed by atoms with E-state index in [4.69, 9.17) is 9.84 Å². The number of aromatic carboxylic acids is 2. The lowest BCUT2D eigenvalue weighted by Gasteiger charge is -2.22. The van der Waals surface area contributed by atoms with Crippen LogP contribution in [0.5, 0.6) is 11.5 Å². The zero-order chi connectivity index (χ0) is 18.7. The molecule has 0 atom stereocenters. The molecular formula is C21H22O5. The second-order valence-electron chi connectivity index (χ2n) is 6.78. The summed E-state index contributed by atoms with van der Waals surface area (Å²) in [7, 11) is 0. The summed E-state index contributed by atoms with van der Waals surface area (Å²) in [6.45, 7) is 1.96.